The lowest BCUT2D eigenvalue weighted by Crippen LogP contribution is -2.56. The van der Waals surface area contributed by atoms with Gasteiger partial charge in [-0.15, -0.1) is 0 Å². The van der Waals surface area contributed by atoms with Crippen molar-refractivity contribution in [2.24, 2.45) is 5.92 Å². The molecule has 3 heterocycles. The molecule has 0 saturated carbocycles. The third-order valence-electron chi connectivity index (χ3n) is 17.9. The first-order valence-corrected chi connectivity index (χ1v) is 41.6. The molecule has 0 bridgehead atoms. The summed E-state index contributed by atoms with van der Waals surface area (Å²) in [6.45, 7) is 8.65. The van der Waals surface area contributed by atoms with Gasteiger partial charge in [-0.05, 0) is 140 Å². The van der Waals surface area contributed by atoms with Crippen LogP contribution in [0.2, 0.25) is 0 Å². The summed E-state index contributed by atoms with van der Waals surface area (Å²) in [4.78, 5) is 93.5. The third-order valence-corrected chi connectivity index (χ3v) is 21.9. The maximum atomic E-state index is 13.8. The number of Topliss-reactive ketones (excluding diaryl/α,β-unsaturated/α-hetero) is 1. The molecule has 5 atom stereocenters. The highest BCUT2D eigenvalue weighted by Crippen LogP contribution is 2.52. The third kappa shape index (κ3) is 27.4. The number of fused-ring (bicyclic) bond motifs is 6. The Labute approximate surface area is 592 Å². The molecule has 30 nitrogen and oxygen atoms in total. The molecule has 9 N–H and O–H groups in total. The van der Waals surface area contributed by atoms with E-state index in [2.05, 4.69) is 20.5 Å². The van der Waals surface area contributed by atoms with Crippen molar-refractivity contribution in [1.82, 2.24) is 21.3 Å². The number of esters is 2. The number of carbonyl (C=O) groups is 7. The topological polar surface area (TPSA) is 464 Å². The van der Waals surface area contributed by atoms with Gasteiger partial charge in [0.25, 0.3) is 50.6 Å². The summed E-state index contributed by atoms with van der Waals surface area (Å²) in [5.74, 6) is -12.4. The molecule has 0 spiro atoms. The molecular weight excluding hydrogens is 1420 g/mol. The number of rotatable bonds is 22. The van der Waals surface area contributed by atoms with Gasteiger partial charge in [0, 0.05) is 92.7 Å². The first-order chi connectivity index (χ1) is 47.3. The summed E-state index contributed by atoms with van der Waals surface area (Å²) in [6.07, 6.45) is 15.5. The van der Waals surface area contributed by atoms with Crippen molar-refractivity contribution in [2.45, 2.75) is 202 Å². The number of ketones is 1. The summed E-state index contributed by atoms with van der Waals surface area (Å²) < 4.78 is 187. The Bertz CT molecular complexity index is 4030. The first kappa shape index (κ1) is 84.8. The number of nitrogens with zero attached hydrogens (tertiary/aromatic N) is 2. The van der Waals surface area contributed by atoms with Crippen molar-refractivity contribution in [1.29, 1.82) is 0 Å². The fraction of sp³-hybridized carbons (Fsp3) is 0.606. The van der Waals surface area contributed by atoms with Crippen LogP contribution in [0.5, 0.6) is 0 Å². The molecule has 2 aromatic rings. The van der Waals surface area contributed by atoms with Crippen molar-refractivity contribution in [3.05, 3.63) is 83.6 Å². The molecule has 5 unspecified atom stereocenters. The average molecular weight is 1520 g/mol. The van der Waals surface area contributed by atoms with Gasteiger partial charge in [-0.25, -0.2) is 0 Å². The highest BCUT2D eigenvalue weighted by Gasteiger charge is 2.48. The van der Waals surface area contributed by atoms with Gasteiger partial charge in [0.05, 0.1) is 40.1 Å². The molecule has 0 aromatic heterocycles. The van der Waals surface area contributed by atoms with Crippen molar-refractivity contribution < 1.29 is 112 Å². The Hall–Kier alpha value is -6.83. The molecule has 0 radical (unpaired) electrons. The Balaban J connectivity index is 1.59. The van der Waals surface area contributed by atoms with Gasteiger partial charge in [0.1, 0.15) is 30.1 Å². The second kappa shape index (κ2) is 38.6. The van der Waals surface area contributed by atoms with E-state index in [1.54, 1.807) is 38.1 Å². The predicted molar refractivity (Wildman–Crippen MR) is 373 cm³/mol. The molecule has 564 valence electrons. The van der Waals surface area contributed by atoms with Crippen LogP contribution >= 0.6 is 0 Å². The zero-order valence-corrected chi connectivity index (χ0v) is 61.5. The van der Waals surface area contributed by atoms with Crippen LogP contribution in [0, 0.1) is 5.92 Å². The zero-order valence-electron chi connectivity index (χ0n) is 57.4. The van der Waals surface area contributed by atoms with Crippen LogP contribution in [0.4, 0.5) is 11.4 Å². The van der Waals surface area contributed by atoms with Crippen LogP contribution in [0.3, 0.4) is 0 Å². The zero-order chi connectivity index (χ0) is 75.0. The fourth-order valence-corrected chi connectivity index (χ4v) is 16.0. The average Bonchev–Trinajstić information content (AvgIpc) is 1.59. The molecule has 35 heteroatoms. The van der Waals surface area contributed by atoms with Crippen LogP contribution in [-0.2, 0) is 104 Å². The summed E-state index contributed by atoms with van der Waals surface area (Å²) in [5.41, 5.74) is 1.96. The number of hydrogen-bond acceptors (Lipinski definition) is 20. The van der Waals surface area contributed by atoms with E-state index in [-0.39, 0.29) is 94.0 Å². The lowest BCUT2D eigenvalue weighted by atomic mass is 9.75. The van der Waals surface area contributed by atoms with Gasteiger partial charge in [0.2, 0.25) is 29.3 Å². The summed E-state index contributed by atoms with van der Waals surface area (Å²) in [6, 6.07) is 4.12. The van der Waals surface area contributed by atoms with Gasteiger partial charge in [-0.2, -0.15) is 46.7 Å². The van der Waals surface area contributed by atoms with E-state index in [9.17, 15) is 98.4 Å². The minimum atomic E-state index is -5.21. The molecule has 2 aromatic carbocycles. The molecule has 3 aliphatic rings. The van der Waals surface area contributed by atoms with Crippen LogP contribution < -0.4 is 26.2 Å². The second-order valence-electron chi connectivity index (χ2n) is 25.8. The lowest BCUT2D eigenvalue weighted by molar-refractivity contribution is -0.438. The van der Waals surface area contributed by atoms with Gasteiger partial charge >= 0.3 is 11.9 Å². The van der Waals surface area contributed by atoms with Crippen molar-refractivity contribution in [2.75, 3.05) is 61.6 Å². The Morgan fingerprint density at radius 2 is 1.10 bits per heavy atom. The molecule has 0 saturated heterocycles. The van der Waals surface area contributed by atoms with E-state index in [1.165, 1.54) is 24.3 Å². The van der Waals surface area contributed by atoms with E-state index < -0.39 is 138 Å². The SMILES string of the molecule is CCOC(=O)CCCCCN1\C2=C/C=C/C=C/C3=[N+](CCCCCC(=O)OCC)c4ccc(S(=O)(=O)O)cc4C3(C)CCCCCC(=O)NCCCCCNC(=O)C(CS(=O)(=O)O)CC(=O)C(CS(=O)(=O)O)NC(=O)C(CS(=O)(=O)O)NC(=O)CCCCCC2(C)c2cc(S(=O)(=O)O)ccc21. The molecule has 5 rings (SSSR count). The van der Waals surface area contributed by atoms with E-state index in [0.717, 1.165) is 5.71 Å². The largest absolute Gasteiger partial charge is 0.466 e. The van der Waals surface area contributed by atoms with Crippen molar-refractivity contribution in [3.8, 4) is 0 Å². The summed E-state index contributed by atoms with van der Waals surface area (Å²) in [5, 5.41) is 9.35. The molecule has 0 fully saturated rings. The second-order valence-corrected chi connectivity index (χ2v) is 33.1. The van der Waals surface area contributed by atoms with E-state index in [4.69, 9.17) is 9.47 Å². The molecule has 0 aliphatic carbocycles. The monoisotopic (exact) mass is 1520 g/mol. The number of carbonyl (C=O) groups excluding carboxylic acids is 7. The smallest absolute Gasteiger partial charge is 0.305 e. The summed E-state index contributed by atoms with van der Waals surface area (Å²) in [7, 11) is -24.8. The molecule has 4 amide bonds. The Morgan fingerprint density at radius 1 is 0.564 bits per heavy atom. The van der Waals surface area contributed by atoms with Gasteiger partial charge in [-0.3, -0.25) is 56.3 Å². The summed E-state index contributed by atoms with van der Waals surface area (Å²) >= 11 is 0. The molecule has 101 heavy (non-hydrogen) atoms. The number of allylic oxidation sites excluding steroid dienone is 6. The van der Waals surface area contributed by atoms with E-state index in [1.807, 2.05) is 42.3 Å². The minimum absolute atomic E-state index is 0.0509. The Kier molecular flexibility index (Phi) is 32.4. The lowest BCUT2D eigenvalue weighted by Gasteiger charge is -2.30. The van der Waals surface area contributed by atoms with Gasteiger partial charge in [0.15, 0.2) is 11.5 Å². The first-order valence-electron chi connectivity index (χ1n) is 33.9. The fourth-order valence-electron chi connectivity index (χ4n) is 12.9. The quantitative estimate of drug-likeness (QED) is 0.0279. The Morgan fingerprint density at radius 3 is 1.68 bits per heavy atom. The minimum Gasteiger partial charge on any atom is -0.466 e. The highest BCUT2D eigenvalue weighted by atomic mass is 32.2. The number of amides is 4. The normalized spacial score (nSPS) is 23.4. The standard InChI is InChI=1S/C66H96N6O24S5/c1-5-95-61(76)29-17-10-23-39-71-54-33-31-48(100(89,90)91)42-50(54)65(3)35-19-8-15-27-59(74)67-37-21-12-22-38-68-63(78)47(44-97(80,81)82)41-56(73)52(45-98(83,84)85)70-64(79)53(46-99(86,87)88)69-60(75)28-16-9-20-36-66(4)51-43-49(101(92,93)94)32-34-55(51)72(40-24-11-18-30-62(77)96-6-2)58(66)26-14-7-13-25-57(65)71/h7,13-14,25-26,31-34,42-43,47,52-53H,5-6,8-12,15-24,27-30,35-41,44-46H2,1-4H3,(H8-,67,68,69,70,74,75,78,79,80,81,82,83,84,85,86,87,88,89,90,91,92,93,94)/p+1. The van der Waals surface area contributed by atoms with Crippen LogP contribution in [0.15, 0.2) is 82.3 Å². The number of unbranched alkanes of at least 4 members (excludes halogenated alkanes) is 4. The molecule has 3 aliphatic heterocycles. The van der Waals surface area contributed by atoms with E-state index in [0.29, 0.717) is 125 Å². The van der Waals surface area contributed by atoms with E-state index >= 15 is 0 Å². The highest BCUT2D eigenvalue weighted by molar-refractivity contribution is 7.86. The maximum Gasteiger partial charge on any atom is 0.305 e. The number of nitrogens with one attached hydrogen (secondary N) is 4. The number of hydrogen-bond donors (Lipinski definition) is 9. The van der Waals surface area contributed by atoms with Crippen molar-refractivity contribution >= 4 is 109 Å². The number of anilines is 1. The van der Waals surface area contributed by atoms with Crippen molar-refractivity contribution in [3.63, 3.8) is 0 Å². The number of benzene rings is 2. The van der Waals surface area contributed by atoms with Crippen LogP contribution in [0.1, 0.15) is 180 Å². The molecular formula is C66H97N6O24S5+. The number of ether oxygens (including phenoxy) is 2. The van der Waals surface area contributed by atoms with Crippen LogP contribution in [-0.4, -0.2) is 185 Å². The van der Waals surface area contributed by atoms with Gasteiger partial charge < -0.3 is 35.6 Å². The van der Waals surface area contributed by atoms with Crippen LogP contribution in [0.25, 0.3) is 0 Å². The predicted octanol–water partition coefficient (Wildman–Crippen LogP) is 6.08. The maximum absolute atomic E-state index is 13.8. The van der Waals surface area contributed by atoms with Gasteiger partial charge in [-0.1, -0.05) is 50.3 Å².